The van der Waals surface area contributed by atoms with Gasteiger partial charge in [0.1, 0.15) is 0 Å². The summed E-state index contributed by atoms with van der Waals surface area (Å²) in [5, 5.41) is 12.8. The Bertz CT molecular complexity index is 495. The van der Waals surface area contributed by atoms with Gasteiger partial charge in [-0.3, -0.25) is 14.9 Å². The molecule has 0 saturated heterocycles. The fourth-order valence-corrected chi connectivity index (χ4v) is 1.11. The lowest BCUT2D eigenvalue weighted by Crippen LogP contribution is -2.44. The van der Waals surface area contributed by atoms with Crippen LogP contribution in [0.4, 0.5) is 18.9 Å². The molecular formula is C11H11F3N2O3. The van der Waals surface area contributed by atoms with Crippen LogP contribution < -0.4 is 5.32 Å². The van der Waals surface area contributed by atoms with E-state index in [1.807, 2.05) is 0 Å². The van der Waals surface area contributed by atoms with Gasteiger partial charge in [-0.05, 0) is 24.3 Å². The number of halogens is 3. The number of rotatable bonds is 3. The normalized spacial score (nSPS) is 12.1. The maximum atomic E-state index is 12.3. The number of anilines is 1. The van der Waals surface area contributed by atoms with Crippen LogP contribution in [0.3, 0.4) is 0 Å². The Kier molecular flexibility index (Phi) is 3.83. The van der Waals surface area contributed by atoms with Crippen LogP contribution in [0.25, 0.3) is 0 Å². The minimum absolute atomic E-state index is 0.0629. The molecule has 1 N–H and O–H groups in total. The van der Waals surface area contributed by atoms with Gasteiger partial charge in [-0.25, -0.2) is 0 Å². The first-order valence-electron chi connectivity index (χ1n) is 5.18. The van der Waals surface area contributed by atoms with E-state index in [2.05, 4.69) is 5.32 Å². The van der Waals surface area contributed by atoms with Crippen LogP contribution in [-0.2, 0) is 11.0 Å². The van der Waals surface area contributed by atoms with E-state index in [4.69, 9.17) is 0 Å². The zero-order chi connectivity index (χ0) is 14.8. The second kappa shape index (κ2) is 4.87. The van der Waals surface area contributed by atoms with E-state index in [9.17, 15) is 28.1 Å². The number of amides is 1. The molecule has 0 aromatic heterocycles. The van der Waals surface area contributed by atoms with Crippen molar-refractivity contribution >= 4 is 11.6 Å². The molecule has 0 fully saturated rings. The lowest BCUT2D eigenvalue weighted by atomic mass is 10.1. The fourth-order valence-electron chi connectivity index (χ4n) is 1.11. The Hall–Kier alpha value is -2.12. The molecule has 1 amide bonds. The topological polar surface area (TPSA) is 72.2 Å². The van der Waals surface area contributed by atoms with E-state index in [0.717, 1.165) is 38.1 Å². The van der Waals surface area contributed by atoms with Gasteiger partial charge in [0.25, 0.3) is 5.54 Å². The summed E-state index contributed by atoms with van der Waals surface area (Å²) in [5.41, 5.74) is -2.66. The monoisotopic (exact) mass is 276 g/mol. The van der Waals surface area contributed by atoms with Crippen molar-refractivity contribution in [1.82, 2.24) is 0 Å². The summed E-state index contributed by atoms with van der Waals surface area (Å²) >= 11 is 0. The molecule has 1 rings (SSSR count). The van der Waals surface area contributed by atoms with Gasteiger partial charge in [0.15, 0.2) is 0 Å². The molecule has 0 aliphatic carbocycles. The highest BCUT2D eigenvalue weighted by Crippen LogP contribution is 2.29. The maximum absolute atomic E-state index is 12.3. The van der Waals surface area contributed by atoms with E-state index in [-0.39, 0.29) is 5.69 Å². The van der Waals surface area contributed by atoms with Crippen LogP contribution in [0.1, 0.15) is 19.4 Å². The summed E-state index contributed by atoms with van der Waals surface area (Å²) in [6.07, 6.45) is -4.47. The first kappa shape index (κ1) is 14.9. The third kappa shape index (κ3) is 3.43. The highest BCUT2D eigenvalue weighted by Gasteiger charge is 2.40. The van der Waals surface area contributed by atoms with Crippen molar-refractivity contribution in [1.29, 1.82) is 0 Å². The van der Waals surface area contributed by atoms with Crippen molar-refractivity contribution in [3.05, 3.63) is 39.9 Å². The quantitative estimate of drug-likeness (QED) is 0.681. The predicted octanol–water partition coefficient (Wildman–Crippen LogP) is 2.70. The number of alkyl halides is 3. The highest BCUT2D eigenvalue weighted by molar-refractivity contribution is 5.96. The molecule has 0 unspecified atom stereocenters. The van der Waals surface area contributed by atoms with E-state index >= 15 is 0 Å². The number of benzene rings is 1. The number of carbonyl (C=O) groups excluding carboxylic acids is 1. The van der Waals surface area contributed by atoms with Crippen LogP contribution in [0.5, 0.6) is 0 Å². The summed E-state index contributed by atoms with van der Waals surface area (Å²) in [6, 6.07) is 3.65. The first-order chi connectivity index (χ1) is 8.55. The van der Waals surface area contributed by atoms with Crippen LogP contribution in [0, 0.1) is 10.1 Å². The molecule has 0 aliphatic heterocycles. The summed E-state index contributed by atoms with van der Waals surface area (Å²) in [4.78, 5) is 21.4. The molecule has 0 atom stereocenters. The molecule has 0 aliphatic rings. The van der Waals surface area contributed by atoms with Crippen LogP contribution in [-0.4, -0.2) is 16.4 Å². The average molecular weight is 276 g/mol. The lowest BCUT2D eigenvalue weighted by Gasteiger charge is -2.15. The first-order valence-corrected chi connectivity index (χ1v) is 5.18. The Morgan fingerprint density at radius 2 is 1.68 bits per heavy atom. The summed E-state index contributed by atoms with van der Waals surface area (Å²) in [7, 11) is 0. The van der Waals surface area contributed by atoms with Gasteiger partial charge in [0.2, 0.25) is 0 Å². The molecule has 1 aromatic rings. The number of nitrogens with zero attached hydrogens (tertiary/aromatic N) is 1. The molecule has 0 saturated carbocycles. The van der Waals surface area contributed by atoms with Gasteiger partial charge in [-0.1, -0.05) is 0 Å². The minimum Gasteiger partial charge on any atom is -0.320 e. The molecule has 0 radical (unpaired) electrons. The lowest BCUT2D eigenvalue weighted by molar-refractivity contribution is -0.542. The molecule has 0 bridgehead atoms. The van der Waals surface area contributed by atoms with Crippen molar-refractivity contribution in [2.75, 3.05) is 5.32 Å². The van der Waals surface area contributed by atoms with Gasteiger partial charge in [0, 0.05) is 24.5 Å². The number of hydrogen-bond acceptors (Lipinski definition) is 3. The van der Waals surface area contributed by atoms with Gasteiger partial charge in [-0.15, -0.1) is 0 Å². The summed E-state index contributed by atoms with van der Waals surface area (Å²) < 4.78 is 36.9. The SMILES string of the molecule is CC(C)(C(=O)Nc1ccc(C(F)(F)F)cc1)[N+](=O)[O-]. The summed E-state index contributed by atoms with van der Waals surface area (Å²) in [6.45, 7) is 2.21. The minimum atomic E-state index is -4.47. The smallest absolute Gasteiger partial charge is 0.320 e. The Balaban J connectivity index is 2.85. The standard InChI is InChI=1S/C11H11F3N2O3/c1-10(2,16(18)19)9(17)15-8-5-3-7(4-6-8)11(12,13)14/h3-6H,1-2H3,(H,15,17). The van der Waals surface area contributed by atoms with Crippen LogP contribution >= 0.6 is 0 Å². The van der Waals surface area contributed by atoms with Gasteiger partial charge in [-0.2, -0.15) is 13.2 Å². The molecule has 5 nitrogen and oxygen atoms in total. The molecule has 19 heavy (non-hydrogen) atoms. The summed E-state index contributed by atoms with van der Waals surface area (Å²) in [5.74, 6) is -0.905. The molecule has 104 valence electrons. The Morgan fingerprint density at radius 1 is 1.21 bits per heavy atom. The number of carbonyl (C=O) groups is 1. The van der Waals surface area contributed by atoms with Gasteiger partial charge < -0.3 is 5.32 Å². The van der Waals surface area contributed by atoms with E-state index < -0.39 is 28.1 Å². The van der Waals surface area contributed by atoms with Crippen LogP contribution in [0.2, 0.25) is 0 Å². The Labute approximate surface area is 106 Å². The van der Waals surface area contributed by atoms with Crippen molar-refractivity contribution in [3.63, 3.8) is 0 Å². The second-order valence-corrected chi connectivity index (χ2v) is 4.35. The van der Waals surface area contributed by atoms with Crippen molar-refractivity contribution in [3.8, 4) is 0 Å². The molecule has 8 heteroatoms. The largest absolute Gasteiger partial charge is 0.416 e. The third-order valence-electron chi connectivity index (χ3n) is 2.48. The fraction of sp³-hybridized carbons (Fsp3) is 0.364. The highest BCUT2D eigenvalue weighted by atomic mass is 19.4. The van der Waals surface area contributed by atoms with Crippen molar-refractivity contribution in [2.24, 2.45) is 0 Å². The maximum Gasteiger partial charge on any atom is 0.416 e. The van der Waals surface area contributed by atoms with E-state index in [1.165, 1.54) is 0 Å². The predicted molar refractivity (Wildman–Crippen MR) is 61.1 cm³/mol. The molecule has 1 aromatic carbocycles. The molecule has 0 spiro atoms. The van der Waals surface area contributed by atoms with Crippen molar-refractivity contribution in [2.45, 2.75) is 25.6 Å². The van der Waals surface area contributed by atoms with E-state index in [0.29, 0.717) is 0 Å². The number of hydrogen-bond donors (Lipinski definition) is 1. The van der Waals surface area contributed by atoms with E-state index in [1.54, 1.807) is 0 Å². The van der Waals surface area contributed by atoms with Gasteiger partial charge in [0.05, 0.1) is 5.56 Å². The Morgan fingerprint density at radius 3 is 2.05 bits per heavy atom. The number of nitro groups is 1. The number of nitrogens with one attached hydrogen (secondary N) is 1. The average Bonchev–Trinajstić information content (AvgIpc) is 2.28. The zero-order valence-electron chi connectivity index (χ0n) is 10.1. The van der Waals surface area contributed by atoms with Gasteiger partial charge >= 0.3 is 12.1 Å². The molecule has 0 heterocycles. The zero-order valence-corrected chi connectivity index (χ0v) is 10.1. The van der Waals surface area contributed by atoms with Crippen LogP contribution in [0.15, 0.2) is 24.3 Å². The second-order valence-electron chi connectivity index (χ2n) is 4.35. The molecular weight excluding hydrogens is 265 g/mol. The van der Waals surface area contributed by atoms with Crippen molar-refractivity contribution < 1.29 is 22.9 Å². The third-order valence-corrected chi connectivity index (χ3v) is 2.48.